The minimum Gasteiger partial charge on any atom is -0.459 e. The molecule has 2 nitrogen and oxygen atoms in total. The summed E-state index contributed by atoms with van der Waals surface area (Å²) in [6.45, 7) is 16.2. The van der Waals surface area contributed by atoms with Crippen molar-refractivity contribution in [1.29, 1.82) is 0 Å². The van der Waals surface area contributed by atoms with E-state index in [1.54, 1.807) is 0 Å². The number of benzene rings is 1. The van der Waals surface area contributed by atoms with Crippen molar-refractivity contribution in [3.05, 3.63) is 35.1 Å². The van der Waals surface area contributed by atoms with Gasteiger partial charge >= 0.3 is 0 Å². The molecule has 110 valence electrons. The smallest absolute Gasteiger partial charge is 0.134 e. The van der Waals surface area contributed by atoms with Crippen LogP contribution in [0.4, 0.5) is 0 Å². The molecule has 0 saturated heterocycles. The Kier molecular flexibility index (Phi) is 3.72. The van der Waals surface area contributed by atoms with Crippen molar-refractivity contribution >= 4 is 11.0 Å². The Morgan fingerprint density at radius 1 is 1.05 bits per heavy atom. The Bertz CT molecular complexity index is 609. The summed E-state index contributed by atoms with van der Waals surface area (Å²) >= 11 is 0. The van der Waals surface area contributed by atoms with Crippen LogP contribution in [0.3, 0.4) is 0 Å². The molecule has 0 unspecified atom stereocenters. The van der Waals surface area contributed by atoms with Gasteiger partial charge in [-0.25, -0.2) is 0 Å². The van der Waals surface area contributed by atoms with E-state index in [9.17, 15) is 0 Å². The number of furan rings is 1. The van der Waals surface area contributed by atoms with Crippen LogP contribution in [0.15, 0.2) is 22.6 Å². The molecule has 0 aliphatic heterocycles. The van der Waals surface area contributed by atoms with E-state index in [1.165, 1.54) is 16.5 Å². The molecule has 1 N–H and O–H groups in total. The standard InChI is InChI=1S/C18H27NO/c1-12-14-10-13(17(2,3)4)8-9-15(14)20-16(12)11-19-18(5,6)7/h8-10,19H,11H2,1-7H3. The molecule has 2 rings (SSSR count). The van der Waals surface area contributed by atoms with Gasteiger partial charge in [0, 0.05) is 10.9 Å². The van der Waals surface area contributed by atoms with Crippen molar-refractivity contribution in [3.8, 4) is 0 Å². The van der Waals surface area contributed by atoms with Crippen LogP contribution in [0.2, 0.25) is 0 Å². The summed E-state index contributed by atoms with van der Waals surface area (Å²) in [6.07, 6.45) is 0. The Labute approximate surface area is 122 Å². The monoisotopic (exact) mass is 273 g/mol. The number of aryl methyl sites for hydroxylation is 1. The number of hydrogen-bond donors (Lipinski definition) is 1. The molecule has 0 saturated carbocycles. The van der Waals surface area contributed by atoms with Gasteiger partial charge in [-0.2, -0.15) is 0 Å². The highest BCUT2D eigenvalue weighted by Crippen LogP contribution is 2.31. The lowest BCUT2D eigenvalue weighted by Gasteiger charge is -2.19. The average molecular weight is 273 g/mol. The van der Waals surface area contributed by atoms with Gasteiger partial charge in [0.05, 0.1) is 6.54 Å². The average Bonchev–Trinajstić information content (AvgIpc) is 2.61. The van der Waals surface area contributed by atoms with Crippen LogP contribution in [0.1, 0.15) is 58.4 Å². The zero-order valence-electron chi connectivity index (χ0n) is 13.8. The molecule has 0 radical (unpaired) electrons. The molecule has 0 fully saturated rings. The molecule has 20 heavy (non-hydrogen) atoms. The van der Waals surface area contributed by atoms with E-state index < -0.39 is 0 Å². The van der Waals surface area contributed by atoms with Gasteiger partial charge in [0.25, 0.3) is 0 Å². The van der Waals surface area contributed by atoms with E-state index in [-0.39, 0.29) is 11.0 Å². The molecule has 2 aromatic rings. The Morgan fingerprint density at radius 2 is 1.70 bits per heavy atom. The lowest BCUT2D eigenvalue weighted by molar-refractivity contribution is 0.394. The maximum Gasteiger partial charge on any atom is 0.134 e. The molecule has 1 aromatic carbocycles. The molecule has 0 bridgehead atoms. The van der Waals surface area contributed by atoms with E-state index >= 15 is 0 Å². The fraction of sp³-hybridized carbons (Fsp3) is 0.556. The summed E-state index contributed by atoms with van der Waals surface area (Å²) in [4.78, 5) is 0. The van der Waals surface area contributed by atoms with Crippen LogP contribution in [0.25, 0.3) is 11.0 Å². The third-order valence-corrected chi connectivity index (χ3v) is 3.68. The van der Waals surface area contributed by atoms with Crippen LogP contribution in [0, 0.1) is 6.92 Å². The maximum absolute atomic E-state index is 6.00. The molecule has 0 atom stereocenters. The van der Waals surface area contributed by atoms with Crippen LogP contribution in [-0.4, -0.2) is 5.54 Å². The first-order chi connectivity index (χ1) is 9.08. The van der Waals surface area contributed by atoms with Crippen LogP contribution in [-0.2, 0) is 12.0 Å². The number of rotatable bonds is 2. The molecule has 0 amide bonds. The summed E-state index contributed by atoms with van der Waals surface area (Å²) in [5.41, 5.74) is 3.86. The molecule has 0 spiro atoms. The van der Waals surface area contributed by atoms with E-state index in [0.29, 0.717) is 0 Å². The largest absolute Gasteiger partial charge is 0.459 e. The second-order valence-electron chi connectivity index (χ2n) is 7.71. The molecule has 2 heteroatoms. The van der Waals surface area contributed by atoms with Crippen molar-refractivity contribution in [3.63, 3.8) is 0 Å². The van der Waals surface area contributed by atoms with E-state index in [4.69, 9.17) is 4.42 Å². The molecule has 0 aliphatic carbocycles. The highest BCUT2D eigenvalue weighted by Gasteiger charge is 2.18. The maximum atomic E-state index is 6.00. The Hall–Kier alpha value is -1.28. The predicted octanol–water partition coefficient (Wildman–Crippen LogP) is 4.93. The summed E-state index contributed by atoms with van der Waals surface area (Å²) in [6, 6.07) is 6.55. The highest BCUT2D eigenvalue weighted by molar-refractivity contribution is 5.83. The molecule has 1 heterocycles. The lowest BCUT2D eigenvalue weighted by atomic mass is 9.86. The fourth-order valence-corrected chi connectivity index (χ4v) is 2.25. The summed E-state index contributed by atoms with van der Waals surface area (Å²) in [7, 11) is 0. The second-order valence-corrected chi connectivity index (χ2v) is 7.71. The van der Waals surface area contributed by atoms with Crippen molar-refractivity contribution in [2.24, 2.45) is 0 Å². The highest BCUT2D eigenvalue weighted by atomic mass is 16.3. The molecule has 0 aliphatic rings. The first-order valence-electron chi connectivity index (χ1n) is 7.35. The van der Waals surface area contributed by atoms with Crippen LogP contribution in [0.5, 0.6) is 0 Å². The minimum atomic E-state index is 0.0992. The van der Waals surface area contributed by atoms with Gasteiger partial charge < -0.3 is 9.73 Å². The molecular weight excluding hydrogens is 246 g/mol. The van der Waals surface area contributed by atoms with Crippen LogP contribution < -0.4 is 5.32 Å². The van der Waals surface area contributed by atoms with Gasteiger partial charge in [0.1, 0.15) is 11.3 Å². The fourth-order valence-electron chi connectivity index (χ4n) is 2.25. The van der Waals surface area contributed by atoms with Gasteiger partial charge in [-0.1, -0.05) is 26.8 Å². The van der Waals surface area contributed by atoms with Crippen LogP contribution >= 0.6 is 0 Å². The minimum absolute atomic E-state index is 0.0992. The van der Waals surface area contributed by atoms with Gasteiger partial charge in [0.15, 0.2) is 0 Å². The Balaban J connectivity index is 2.38. The van der Waals surface area contributed by atoms with Crippen molar-refractivity contribution in [1.82, 2.24) is 5.32 Å². The van der Waals surface area contributed by atoms with Gasteiger partial charge in [-0.3, -0.25) is 0 Å². The van der Waals surface area contributed by atoms with E-state index in [1.807, 2.05) is 0 Å². The van der Waals surface area contributed by atoms with E-state index in [2.05, 4.69) is 72.0 Å². The van der Waals surface area contributed by atoms with Crippen molar-refractivity contribution < 1.29 is 4.42 Å². The number of hydrogen-bond acceptors (Lipinski definition) is 2. The Morgan fingerprint density at radius 3 is 2.25 bits per heavy atom. The predicted molar refractivity (Wildman–Crippen MR) is 86.2 cm³/mol. The zero-order chi connectivity index (χ0) is 15.1. The van der Waals surface area contributed by atoms with Gasteiger partial charge in [0.2, 0.25) is 0 Å². The summed E-state index contributed by atoms with van der Waals surface area (Å²) in [5, 5.41) is 4.73. The molecular formula is C18H27NO. The number of fused-ring (bicyclic) bond motifs is 1. The van der Waals surface area contributed by atoms with Crippen molar-refractivity contribution in [2.45, 2.75) is 66.0 Å². The van der Waals surface area contributed by atoms with Gasteiger partial charge in [-0.15, -0.1) is 0 Å². The first kappa shape index (κ1) is 15.1. The third-order valence-electron chi connectivity index (χ3n) is 3.68. The van der Waals surface area contributed by atoms with Crippen molar-refractivity contribution in [2.75, 3.05) is 0 Å². The molecule has 1 aromatic heterocycles. The lowest BCUT2D eigenvalue weighted by Crippen LogP contribution is -2.35. The normalized spacial score (nSPS) is 13.2. The van der Waals surface area contributed by atoms with E-state index in [0.717, 1.165) is 17.9 Å². The quantitative estimate of drug-likeness (QED) is 0.839. The summed E-state index contributed by atoms with van der Waals surface area (Å²) in [5.74, 6) is 1.04. The van der Waals surface area contributed by atoms with Gasteiger partial charge in [-0.05, 0) is 56.4 Å². The number of nitrogens with one attached hydrogen (secondary N) is 1. The first-order valence-corrected chi connectivity index (χ1v) is 7.35. The third kappa shape index (κ3) is 3.24. The second kappa shape index (κ2) is 4.92. The SMILES string of the molecule is Cc1c(CNC(C)(C)C)oc2ccc(C(C)(C)C)cc12. The summed E-state index contributed by atoms with van der Waals surface area (Å²) < 4.78 is 6.00. The zero-order valence-corrected chi connectivity index (χ0v) is 13.8. The topological polar surface area (TPSA) is 25.2 Å².